The van der Waals surface area contributed by atoms with E-state index in [2.05, 4.69) is 30.4 Å². The van der Waals surface area contributed by atoms with Crippen LogP contribution in [-0.4, -0.2) is 42.3 Å². The average molecular weight is 297 g/mol. The van der Waals surface area contributed by atoms with Crippen LogP contribution in [0.25, 0.3) is 0 Å². The van der Waals surface area contributed by atoms with Crippen molar-refractivity contribution in [3.8, 4) is 0 Å². The third-order valence-corrected chi connectivity index (χ3v) is 2.20. The van der Waals surface area contributed by atoms with Crippen molar-refractivity contribution in [3.05, 3.63) is 38.0 Å². The van der Waals surface area contributed by atoms with Crippen LogP contribution in [0.3, 0.4) is 0 Å². The summed E-state index contributed by atoms with van der Waals surface area (Å²) < 4.78 is 9.95. The second kappa shape index (κ2) is 7.33. The van der Waals surface area contributed by atoms with Gasteiger partial charge in [-0.25, -0.2) is 19.7 Å². The predicted molar refractivity (Wildman–Crippen MR) is 69.4 cm³/mol. The maximum atomic E-state index is 11.5. The molecular weight excluding hydrogens is 282 g/mol. The van der Waals surface area contributed by atoms with Gasteiger partial charge in [-0.15, -0.1) is 0 Å². The molecule has 0 bridgehead atoms. The molecule has 1 saturated heterocycles. The Morgan fingerprint density at radius 3 is 2.00 bits per heavy atom. The lowest BCUT2D eigenvalue weighted by atomic mass is 10.5. The second-order valence-corrected chi connectivity index (χ2v) is 3.59. The highest BCUT2D eigenvalue weighted by Crippen LogP contribution is 2.20. The number of nitrogens with zero attached hydrogens (tertiary/aromatic N) is 1. The van der Waals surface area contributed by atoms with Crippen molar-refractivity contribution in [2.24, 2.45) is 0 Å². The van der Waals surface area contributed by atoms with Gasteiger partial charge in [0.15, 0.2) is 0 Å². The lowest BCUT2D eigenvalue weighted by molar-refractivity contribution is -0.388. The number of hydrogen-bond acceptors (Lipinski definition) is 9. The van der Waals surface area contributed by atoms with Gasteiger partial charge in [0.2, 0.25) is 0 Å². The van der Waals surface area contributed by atoms with E-state index in [0.717, 1.165) is 23.3 Å². The number of carbonyl (C=O) groups excluding carboxylic acids is 3. The highest BCUT2D eigenvalue weighted by molar-refractivity contribution is 5.83. The van der Waals surface area contributed by atoms with Gasteiger partial charge in [-0.05, 0) is 5.06 Å². The molecule has 0 atom stereocenters. The molecule has 9 heteroatoms. The summed E-state index contributed by atoms with van der Waals surface area (Å²) in [6.07, 6.45) is 2.62. The summed E-state index contributed by atoms with van der Waals surface area (Å²) in [6, 6.07) is -2.14. The van der Waals surface area contributed by atoms with Crippen molar-refractivity contribution < 1.29 is 28.7 Å². The van der Waals surface area contributed by atoms with E-state index in [9.17, 15) is 14.4 Å². The largest absolute Gasteiger partial charge is 0.423 e. The van der Waals surface area contributed by atoms with Gasteiger partial charge < -0.3 is 14.3 Å². The monoisotopic (exact) mass is 297 g/mol. The zero-order valence-electron chi connectivity index (χ0n) is 11.2. The van der Waals surface area contributed by atoms with Crippen molar-refractivity contribution in [2.75, 3.05) is 13.3 Å². The molecular formula is C12H15N3O6. The Balaban J connectivity index is 3.07. The quantitative estimate of drug-likeness (QED) is 0.367. The van der Waals surface area contributed by atoms with Crippen LogP contribution < -0.4 is 10.6 Å². The van der Waals surface area contributed by atoms with Gasteiger partial charge in [-0.1, -0.05) is 19.7 Å². The van der Waals surface area contributed by atoms with Gasteiger partial charge in [0, 0.05) is 18.2 Å². The molecule has 1 rings (SSSR count). The summed E-state index contributed by atoms with van der Waals surface area (Å²) in [5.74, 6) is -2.64. The van der Waals surface area contributed by atoms with Crippen LogP contribution in [0.4, 0.5) is 0 Å². The molecule has 0 aromatic rings. The number of ether oxygens (including phenoxy) is 2. The fourth-order valence-corrected chi connectivity index (χ4v) is 1.31. The number of esters is 2. The Bertz CT molecular complexity index is 454. The molecule has 0 aliphatic carbocycles. The van der Waals surface area contributed by atoms with Crippen LogP contribution in [0.1, 0.15) is 0 Å². The molecule has 1 aliphatic heterocycles. The van der Waals surface area contributed by atoms with Gasteiger partial charge in [0.05, 0.1) is 13.3 Å². The first-order valence-corrected chi connectivity index (χ1v) is 5.76. The van der Waals surface area contributed by atoms with Gasteiger partial charge in [0.25, 0.3) is 0 Å². The first-order chi connectivity index (χ1) is 9.97. The van der Waals surface area contributed by atoms with Crippen molar-refractivity contribution >= 4 is 17.9 Å². The van der Waals surface area contributed by atoms with Crippen LogP contribution >= 0.6 is 0 Å². The normalized spacial score (nSPS) is 17.1. The Morgan fingerprint density at radius 2 is 1.52 bits per heavy atom. The lowest BCUT2D eigenvalue weighted by Crippen LogP contribution is -2.71. The molecule has 0 spiro atoms. The summed E-state index contributed by atoms with van der Waals surface area (Å²) in [6.45, 7) is 9.74. The Kier molecular flexibility index (Phi) is 5.79. The molecule has 0 unspecified atom stereocenters. The van der Waals surface area contributed by atoms with E-state index < -0.39 is 23.9 Å². The van der Waals surface area contributed by atoms with Crippen LogP contribution in [0.15, 0.2) is 38.0 Å². The molecule has 1 aliphatic rings. The molecule has 1 heterocycles. The average Bonchev–Trinajstić information content (AvgIpc) is 2.49. The minimum atomic E-state index is -2.14. The molecule has 21 heavy (non-hydrogen) atoms. The Hall–Kier alpha value is -2.49. The van der Waals surface area contributed by atoms with E-state index in [1.807, 2.05) is 0 Å². The number of hydroxylamine groups is 2. The molecule has 0 amide bonds. The van der Waals surface area contributed by atoms with E-state index in [1.54, 1.807) is 0 Å². The van der Waals surface area contributed by atoms with Crippen molar-refractivity contribution in [1.29, 1.82) is 0 Å². The molecule has 0 saturated carbocycles. The number of hydrogen-bond donors (Lipinski definition) is 2. The maximum Gasteiger partial charge on any atom is 0.423 e. The SMILES string of the molecule is C=CC(=O)ON1CNCNC1(OC(=O)C=C)OC(=O)C=C. The van der Waals surface area contributed by atoms with Crippen LogP contribution in [0.2, 0.25) is 0 Å². The maximum absolute atomic E-state index is 11.5. The van der Waals surface area contributed by atoms with Gasteiger partial charge in [-0.2, -0.15) is 0 Å². The minimum absolute atomic E-state index is 0.0819. The lowest BCUT2D eigenvalue weighted by Gasteiger charge is -2.41. The predicted octanol–water partition coefficient (Wildman–Crippen LogP) is -0.890. The third kappa shape index (κ3) is 4.24. The second-order valence-electron chi connectivity index (χ2n) is 3.59. The van der Waals surface area contributed by atoms with Gasteiger partial charge in [-0.3, -0.25) is 5.32 Å². The van der Waals surface area contributed by atoms with Gasteiger partial charge in [0.1, 0.15) is 0 Å². The summed E-state index contributed by atoms with van der Waals surface area (Å²) in [5.41, 5.74) is 0. The summed E-state index contributed by atoms with van der Waals surface area (Å²) in [7, 11) is 0. The summed E-state index contributed by atoms with van der Waals surface area (Å²) >= 11 is 0. The zero-order chi connectivity index (χ0) is 15.9. The Labute approximate surface area is 120 Å². The number of carbonyl (C=O) groups is 3. The summed E-state index contributed by atoms with van der Waals surface area (Å²) in [4.78, 5) is 39.1. The Morgan fingerprint density at radius 1 is 1.00 bits per heavy atom. The smallest absolute Gasteiger partial charge is 0.389 e. The number of nitrogens with one attached hydrogen (secondary N) is 2. The topological polar surface area (TPSA) is 106 Å². The summed E-state index contributed by atoms with van der Waals surface area (Å²) in [5, 5.41) is 6.13. The first kappa shape index (κ1) is 16.6. The molecule has 0 aromatic carbocycles. The number of rotatable bonds is 6. The fourth-order valence-electron chi connectivity index (χ4n) is 1.31. The van der Waals surface area contributed by atoms with Crippen molar-refractivity contribution in [3.63, 3.8) is 0 Å². The van der Waals surface area contributed by atoms with Crippen LogP contribution in [-0.2, 0) is 28.7 Å². The molecule has 0 aromatic heterocycles. The fraction of sp³-hybridized carbons (Fsp3) is 0.250. The minimum Gasteiger partial charge on any atom is -0.389 e. The third-order valence-electron chi connectivity index (χ3n) is 2.20. The highest BCUT2D eigenvalue weighted by Gasteiger charge is 2.49. The van der Waals surface area contributed by atoms with E-state index in [-0.39, 0.29) is 13.3 Å². The zero-order valence-corrected chi connectivity index (χ0v) is 11.2. The molecule has 0 radical (unpaired) electrons. The van der Waals surface area contributed by atoms with E-state index in [4.69, 9.17) is 14.3 Å². The van der Waals surface area contributed by atoms with Gasteiger partial charge >= 0.3 is 23.9 Å². The standard InChI is InChI=1S/C12H15N3O6/c1-4-9(16)19-12(20-10(17)5-2)14-7-13-8-15(12)21-11(18)6-3/h4-6,13-14H,1-3,7-8H2. The molecule has 2 N–H and O–H groups in total. The van der Waals surface area contributed by atoms with E-state index in [0.29, 0.717) is 0 Å². The van der Waals surface area contributed by atoms with Crippen molar-refractivity contribution in [1.82, 2.24) is 15.7 Å². The van der Waals surface area contributed by atoms with Crippen LogP contribution in [0, 0.1) is 0 Å². The first-order valence-electron chi connectivity index (χ1n) is 5.76. The van der Waals surface area contributed by atoms with Crippen molar-refractivity contribution in [2.45, 2.75) is 6.03 Å². The molecule has 1 fully saturated rings. The van der Waals surface area contributed by atoms with E-state index in [1.165, 1.54) is 0 Å². The highest BCUT2D eigenvalue weighted by atomic mass is 16.8. The van der Waals surface area contributed by atoms with E-state index >= 15 is 0 Å². The molecule has 9 nitrogen and oxygen atoms in total. The van der Waals surface area contributed by atoms with Crippen LogP contribution in [0.5, 0.6) is 0 Å². The molecule has 114 valence electrons.